The minimum atomic E-state index is -1.01. The fourth-order valence-corrected chi connectivity index (χ4v) is 1.66. The summed E-state index contributed by atoms with van der Waals surface area (Å²) in [6.45, 7) is 0.000417. The number of benzene rings is 1. The molecule has 8 heteroatoms. The van der Waals surface area contributed by atoms with Crippen LogP contribution in [-0.2, 0) is 4.79 Å². The Morgan fingerprint density at radius 2 is 2.42 bits per heavy atom. The smallest absolute Gasteiger partial charge is 0.305 e. The second kappa shape index (κ2) is 7.11. The van der Waals surface area contributed by atoms with Gasteiger partial charge in [0.05, 0.1) is 17.0 Å². The average molecular weight is 280 g/mol. The van der Waals surface area contributed by atoms with Crippen LogP contribution in [0.25, 0.3) is 10.4 Å². The van der Waals surface area contributed by atoms with Crippen molar-refractivity contribution in [2.45, 2.75) is 12.5 Å². The second-order valence-corrected chi connectivity index (χ2v) is 4.07. The first kappa shape index (κ1) is 14.6. The van der Waals surface area contributed by atoms with Gasteiger partial charge in [-0.3, -0.25) is 4.79 Å². The van der Waals surface area contributed by atoms with Crippen LogP contribution in [0.3, 0.4) is 0 Å². The molecule has 7 nitrogen and oxygen atoms in total. The van der Waals surface area contributed by atoms with E-state index in [0.29, 0.717) is 11.3 Å². The number of carboxylic acids is 1. The number of halogens is 1. The Morgan fingerprint density at radius 3 is 2.95 bits per heavy atom. The number of nitrogens with one attached hydrogen (secondary N) is 1. The minimum Gasteiger partial charge on any atom is -0.481 e. The lowest BCUT2D eigenvalue weighted by atomic mass is 10.1. The van der Waals surface area contributed by atoms with Gasteiger partial charge in [-0.05, 0) is 23.7 Å². The van der Waals surface area contributed by atoms with E-state index in [2.05, 4.69) is 15.3 Å². The van der Waals surface area contributed by atoms with E-state index in [-0.39, 0.29) is 18.0 Å². The lowest BCUT2D eigenvalue weighted by Gasteiger charge is -2.16. The number of rotatable bonds is 6. The third kappa shape index (κ3) is 4.76. The second-order valence-electron chi connectivity index (χ2n) is 3.66. The Hall–Kier alpha value is -2.42. The highest BCUT2D eigenvalue weighted by Gasteiger charge is 2.12. The van der Waals surface area contributed by atoms with Crippen molar-refractivity contribution < 1.29 is 9.90 Å². The summed E-state index contributed by atoms with van der Waals surface area (Å²) in [6, 6.07) is 6.03. The van der Waals surface area contributed by atoms with E-state index < -0.39 is 12.0 Å². The third-order valence-electron chi connectivity index (χ3n) is 2.25. The predicted octanol–water partition coefficient (Wildman–Crippen LogP) is 2.78. The molecule has 0 aliphatic heterocycles. The lowest BCUT2D eigenvalue weighted by Crippen LogP contribution is -2.26. The molecule has 1 aromatic carbocycles. The highest BCUT2D eigenvalue weighted by molar-refractivity contribution is 6.32. The number of nitrogens with zero attached hydrogens (tertiary/aromatic N) is 4. The Balaban J connectivity index is 2.83. The van der Waals surface area contributed by atoms with Crippen molar-refractivity contribution in [1.29, 1.82) is 5.26 Å². The quantitative estimate of drug-likeness (QED) is 0.472. The van der Waals surface area contributed by atoms with Crippen molar-refractivity contribution in [1.82, 2.24) is 0 Å². The topological polar surface area (TPSA) is 122 Å². The van der Waals surface area contributed by atoms with Crippen LogP contribution in [0.1, 0.15) is 12.0 Å². The van der Waals surface area contributed by atoms with E-state index in [1.807, 2.05) is 6.07 Å². The van der Waals surface area contributed by atoms with E-state index in [1.165, 1.54) is 12.1 Å². The van der Waals surface area contributed by atoms with Crippen LogP contribution in [-0.4, -0.2) is 23.7 Å². The van der Waals surface area contributed by atoms with Gasteiger partial charge in [0.25, 0.3) is 0 Å². The average Bonchev–Trinajstić information content (AvgIpc) is 2.35. The maximum atomic E-state index is 10.7. The summed E-state index contributed by atoms with van der Waals surface area (Å²) in [5, 5.41) is 24.0. The predicted molar refractivity (Wildman–Crippen MR) is 69.8 cm³/mol. The molecule has 0 aromatic heterocycles. The Kier molecular flexibility index (Phi) is 5.48. The third-order valence-corrected chi connectivity index (χ3v) is 2.56. The first-order valence-corrected chi connectivity index (χ1v) is 5.63. The molecule has 1 rings (SSSR count). The number of carbonyl (C=O) groups is 1. The zero-order valence-electron chi connectivity index (χ0n) is 9.75. The molecule has 0 aliphatic carbocycles. The van der Waals surface area contributed by atoms with Gasteiger partial charge in [-0.25, -0.2) is 0 Å². The number of carboxylic acid groups (broad SMARTS) is 1. The Bertz CT molecular complexity index is 559. The highest BCUT2D eigenvalue weighted by Crippen LogP contribution is 2.21. The molecule has 0 radical (unpaired) electrons. The molecule has 1 atom stereocenters. The zero-order valence-corrected chi connectivity index (χ0v) is 10.5. The Labute approximate surface area is 114 Å². The van der Waals surface area contributed by atoms with Crippen molar-refractivity contribution >= 4 is 23.3 Å². The fourth-order valence-electron chi connectivity index (χ4n) is 1.44. The lowest BCUT2D eigenvalue weighted by molar-refractivity contribution is -0.137. The van der Waals surface area contributed by atoms with Gasteiger partial charge < -0.3 is 10.4 Å². The Morgan fingerprint density at radius 1 is 1.68 bits per heavy atom. The first-order chi connectivity index (χ1) is 9.06. The summed E-state index contributed by atoms with van der Waals surface area (Å²) in [6.07, 6.45) is -0.198. The number of anilines is 1. The number of hydrogen-bond acceptors (Lipinski definition) is 4. The van der Waals surface area contributed by atoms with Crippen LogP contribution >= 0.6 is 11.6 Å². The van der Waals surface area contributed by atoms with Crippen molar-refractivity contribution in [3.05, 3.63) is 39.2 Å². The zero-order chi connectivity index (χ0) is 14.3. The minimum absolute atomic E-state index is 0.000417. The van der Waals surface area contributed by atoms with E-state index in [9.17, 15) is 4.79 Å². The standard InChI is InChI=1S/C11H10ClN5O2/c12-10-3-8(2-1-7(10)5-13)16-9(4-11(18)19)6-15-17-14/h1-3,9,16H,4,6H2,(H,18,19)/t9-/m0/s1. The number of aliphatic carboxylic acids is 1. The molecule has 2 N–H and O–H groups in total. The molecule has 1 aromatic rings. The first-order valence-electron chi connectivity index (χ1n) is 5.25. The number of azide groups is 1. The fraction of sp³-hybridized carbons (Fsp3) is 0.273. The summed E-state index contributed by atoms with van der Waals surface area (Å²) in [5.74, 6) is -1.01. The van der Waals surface area contributed by atoms with E-state index >= 15 is 0 Å². The van der Waals surface area contributed by atoms with E-state index in [0.717, 1.165) is 0 Å². The van der Waals surface area contributed by atoms with Gasteiger partial charge in [0, 0.05) is 23.2 Å². The van der Waals surface area contributed by atoms with Gasteiger partial charge in [0.2, 0.25) is 0 Å². The van der Waals surface area contributed by atoms with Gasteiger partial charge in [0.1, 0.15) is 6.07 Å². The molecule has 0 spiro atoms. The molecule has 0 fully saturated rings. The van der Waals surface area contributed by atoms with Crippen molar-refractivity contribution in [2.75, 3.05) is 11.9 Å². The van der Waals surface area contributed by atoms with Crippen LogP contribution in [0, 0.1) is 11.3 Å². The SMILES string of the molecule is N#Cc1ccc(N[C@H](CN=[N+]=[N-])CC(=O)O)cc1Cl. The van der Waals surface area contributed by atoms with Gasteiger partial charge in [-0.1, -0.05) is 16.7 Å². The van der Waals surface area contributed by atoms with Crippen LogP contribution in [0.5, 0.6) is 0 Å². The summed E-state index contributed by atoms with van der Waals surface area (Å²) >= 11 is 5.86. The van der Waals surface area contributed by atoms with E-state index in [4.69, 9.17) is 27.5 Å². The normalized spacial score (nSPS) is 10.9. The molecular formula is C11H10ClN5O2. The maximum absolute atomic E-state index is 10.7. The van der Waals surface area contributed by atoms with Crippen molar-refractivity contribution in [3.8, 4) is 6.07 Å². The molecule has 0 amide bonds. The van der Waals surface area contributed by atoms with Crippen molar-refractivity contribution in [3.63, 3.8) is 0 Å². The molecule has 0 saturated carbocycles. The van der Waals surface area contributed by atoms with Crippen molar-refractivity contribution in [2.24, 2.45) is 5.11 Å². The summed E-state index contributed by atoms with van der Waals surface area (Å²) in [5.41, 5.74) is 9.14. The molecule has 0 unspecified atom stereocenters. The van der Waals surface area contributed by atoms with Gasteiger partial charge in [0.15, 0.2) is 0 Å². The molecule has 98 valence electrons. The van der Waals surface area contributed by atoms with Crippen LogP contribution in [0.4, 0.5) is 5.69 Å². The van der Waals surface area contributed by atoms with Gasteiger partial charge in [-0.15, -0.1) is 0 Å². The maximum Gasteiger partial charge on any atom is 0.305 e. The molecule has 0 bridgehead atoms. The summed E-state index contributed by atoms with van der Waals surface area (Å²) in [7, 11) is 0. The molecule has 0 saturated heterocycles. The van der Waals surface area contributed by atoms with E-state index in [1.54, 1.807) is 6.07 Å². The van der Waals surface area contributed by atoms with Gasteiger partial charge >= 0.3 is 5.97 Å². The number of hydrogen-bond donors (Lipinski definition) is 2. The summed E-state index contributed by atoms with van der Waals surface area (Å²) in [4.78, 5) is 13.3. The van der Waals surface area contributed by atoms with Crippen LogP contribution in [0.2, 0.25) is 5.02 Å². The van der Waals surface area contributed by atoms with Crippen LogP contribution < -0.4 is 5.32 Å². The van der Waals surface area contributed by atoms with Crippen LogP contribution in [0.15, 0.2) is 23.3 Å². The molecule has 0 aliphatic rings. The molecular weight excluding hydrogens is 270 g/mol. The number of nitriles is 1. The monoisotopic (exact) mass is 279 g/mol. The highest BCUT2D eigenvalue weighted by atomic mass is 35.5. The van der Waals surface area contributed by atoms with Gasteiger partial charge in [-0.2, -0.15) is 5.26 Å². The largest absolute Gasteiger partial charge is 0.481 e. The summed E-state index contributed by atoms with van der Waals surface area (Å²) < 4.78 is 0. The molecule has 19 heavy (non-hydrogen) atoms. The molecule has 0 heterocycles.